The Morgan fingerprint density at radius 1 is 0.574 bits per heavy atom. The Labute approximate surface area is 410 Å². The number of thiophene rings is 2. The lowest BCUT2D eigenvalue weighted by Gasteiger charge is -2.07. The van der Waals surface area contributed by atoms with Crippen LogP contribution in [0.4, 0.5) is 0 Å². The smallest absolute Gasteiger partial charge is 0.489 e. The molecule has 0 aliphatic carbocycles. The maximum absolute atomic E-state index is 13.6. The Morgan fingerprint density at radius 3 is 1.49 bits per heavy atom. The van der Waals surface area contributed by atoms with Crippen molar-refractivity contribution in [3.63, 3.8) is 0 Å². The molecule has 0 amide bonds. The van der Waals surface area contributed by atoms with Crippen LogP contribution in [0.25, 0.3) is 55.4 Å². The fraction of sp³-hybridized carbons (Fsp3) is 0.0800. The molecule has 10 rings (SSSR count). The van der Waals surface area contributed by atoms with Crippen molar-refractivity contribution in [2.75, 3.05) is 14.2 Å². The lowest BCUT2D eigenvalue weighted by Crippen LogP contribution is -2.27. The first-order valence-corrected chi connectivity index (χ1v) is 26.3. The summed E-state index contributed by atoms with van der Waals surface area (Å²) in [6, 6.07) is 36.3. The summed E-state index contributed by atoms with van der Waals surface area (Å²) in [5, 5.41) is 26.0. The molecule has 6 heterocycles. The number of ether oxygens (including phenoxy) is 2. The maximum atomic E-state index is 13.6. The highest BCUT2D eigenvalue weighted by molar-refractivity contribution is 9.10. The minimum Gasteiger partial charge on any atom is -0.496 e. The highest BCUT2D eigenvalue weighted by Gasteiger charge is 2.26. The van der Waals surface area contributed by atoms with E-state index < -0.39 is 27.2 Å². The number of halogens is 1. The van der Waals surface area contributed by atoms with Crippen molar-refractivity contribution in [2.24, 2.45) is 0 Å². The third-order valence-electron chi connectivity index (χ3n) is 10.8. The van der Waals surface area contributed by atoms with Crippen LogP contribution in [-0.4, -0.2) is 66.1 Å². The largest absolute Gasteiger partial charge is 0.496 e. The van der Waals surface area contributed by atoms with Crippen LogP contribution in [0.2, 0.25) is 0 Å². The molecule has 0 saturated heterocycles. The predicted octanol–water partition coefficient (Wildman–Crippen LogP) is 10.4. The molecule has 0 spiro atoms. The number of aromatic nitrogens is 4. The summed E-state index contributed by atoms with van der Waals surface area (Å²) in [5.74, 6) is 1.33. The normalized spacial score (nSPS) is 11.4. The van der Waals surface area contributed by atoms with Gasteiger partial charge in [-0.2, -0.15) is 22.7 Å². The first-order valence-electron chi connectivity index (χ1n) is 20.7. The lowest BCUT2D eigenvalue weighted by atomic mass is 9.83. The fourth-order valence-corrected chi connectivity index (χ4v) is 11.6. The van der Waals surface area contributed by atoms with E-state index in [1.54, 1.807) is 116 Å². The molecule has 0 radical (unpaired) electrons. The second-order valence-electron chi connectivity index (χ2n) is 15.3. The molecule has 4 aromatic carbocycles. The summed E-state index contributed by atoms with van der Waals surface area (Å²) in [4.78, 5) is 9.42. The van der Waals surface area contributed by atoms with E-state index in [1.165, 1.54) is 19.3 Å². The summed E-state index contributed by atoms with van der Waals surface area (Å²) >= 11 is 6.49. The van der Waals surface area contributed by atoms with Gasteiger partial charge < -0.3 is 19.5 Å². The molecule has 0 atom stereocenters. The SMILES string of the molecule is COc1ccccc1-c1cn(S(=O)(=O)c2ccc(C)cc2)c2ncc(-c3ccsc3)cc12.COc1ccccc1-c1cn(S(=O)(=O)c2ccc(C)cc2)c2ncc(Br)cc12.OB(O)c1ccsc1. The van der Waals surface area contributed by atoms with Crippen molar-refractivity contribution in [1.29, 1.82) is 0 Å². The molecule has 6 aromatic heterocycles. The van der Waals surface area contributed by atoms with Gasteiger partial charge in [-0.15, -0.1) is 0 Å². The standard InChI is InChI=1S/C25H20N2O3S2.C21H17BrN2O3S.C4H5BO2S/c1-17-7-9-20(10-8-17)32(28,29)27-15-23(21-5-3-4-6-24(21)30-2)22-13-19(14-26-25(22)27)18-11-12-31-16-18;1-14-7-9-16(10-8-14)28(25,26)24-13-19(17-5-3-4-6-20(17)27-2)18-11-15(22)12-23-21(18)24;6-5(7)4-1-2-8-3-4/h3-16H,1-2H3;3-13H,1-2H3;1-3,6-7H. The highest BCUT2D eigenvalue weighted by atomic mass is 79.9. The number of benzene rings is 4. The van der Waals surface area contributed by atoms with Crippen LogP contribution in [0.1, 0.15) is 11.1 Å². The first kappa shape index (κ1) is 48.1. The first-order chi connectivity index (χ1) is 32.7. The van der Waals surface area contributed by atoms with Crippen LogP contribution in [-0.2, 0) is 20.0 Å². The van der Waals surface area contributed by atoms with E-state index >= 15 is 0 Å². The average Bonchev–Trinajstić information content (AvgIpc) is 4.20. The van der Waals surface area contributed by atoms with Crippen molar-refractivity contribution < 1.29 is 36.4 Å². The van der Waals surface area contributed by atoms with Gasteiger partial charge in [0.2, 0.25) is 0 Å². The van der Waals surface area contributed by atoms with E-state index in [4.69, 9.17) is 19.5 Å². The average molecular weight is 1050 g/mol. The summed E-state index contributed by atoms with van der Waals surface area (Å²) in [7, 11) is -5.75. The number of aryl methyl sites for hydroxylation is 2. The van der Waals surface area contributed by atoms with E-state index in [0.717, 1.165) is 59.8 Å². The van der Waals surface area contributed by atoms with Gasteiger partial charge in [0.25, 0.3) is 20.0 Å². The van der Waals surface area contributed by atoms with Gasteiger partial charge in [-0.1, -0.05) is 77.9 Å². The number of pyridine rings is 2. The molecule has 344 valence electrons. The Bertz CT molecular complexity index is 3580. The van der Waals surface area contributed by atoms with Crippen molar-refractivity contribution in [3.8, 4) is 44.9 Å². The molecule has 18 heteroatoms. The molecule has 12 nitrogen and oxygen atoms in total. The number of para-hydroxylation sites is 2. The number of nitrogens with zero attached hydrogens (tertiary/aromatic N) is 4. The van der Waals surface area contributed by atoms with Gasteiger partial charge in [-0.05, 0) is 117 Å². The number of methoxy groups -OCH3 is 2. The fourth-order valence-electron chi connectivity index (χ4n) is 7.32. The van der Waals surface area contributed by atoms with E-state index in [2.05, 4.69) is 25.9 Å². The molecule has 0 aliphatic rings. The van der Waals surface area contributed by atoms with E-state index in [1.807, 2.05) is 91.3 Å². The van der Waals surface area contributed by atoms with Gasteiger partial charge in [-0.3, -0.25) is 0 Å². The lowest BCUT2D eigenvalue weighted by molar-refractivity contribution is 0.416. The zero-order valence-electron chi connectivity index (χ0n) is 36.9. The van der Waals surface area contributed by atoms with E-state index in [-0.39, 0.29) is 9.79 Å². The minimum atomic E-state index is -3.84. The second kappa shape index (κ2) is 20.5. The third-order valence-corrected chi connectivity index (χ3v) is 16.0. The molecule has 0 saturated carbocycles. The third kappa shape index (κ3) is 9.93. The zero-order chi connectivity index (χ0) is 48.2. The van der Waals surface area contributed by atoms with Gasteiger partial charge in [0.15, 0.2) is 11.3 Å². The highest BCUT2D eigenvalue weighted by Crippen LogP contribution is 2.40. The molecule has 0 aliphatic heterocycles. The van der Waals surface area contributed by atoms with Crippen LogP contribution >= 0.6 is 38.6 Å². The van der Waals surface area contributed by atoms with Gasteiger partial charge in [0.1, 0.15) is 11.5 Å². The maximum Gasteiger partial charge on any atom is 0.489 e. The number of rotatable bonds is 10. The van der Waals surface area contributed by atoms with Crippen LogP contribution in [0.3, 0.4) is 0 Å². The van der Waals surface area contributed by atoms with Crippen LogP contribution < -0.4 is 14.9 Å². The molecule has 68 heavy (non-hydrogen) atoms. The van der Waals surface area contributed by atoms with Crippen molar-refractivity contribution in [2.45, 2.75) is 23.6 Å². The van der Waals surface area contributed by atoms with Crippen LogP contribution in [0.15, 0.2) is 182 Å². The number of hydrogen-bond donors (Lipinski definition) is 2. The van der Waals surface area contributed by atoms with Gasteiger partial charge in [0.05, 0.1) is 24.0 Å². The van der Waals surface area contributed by atoms with Gasteiger partial charge >= 0.3 is 7.12 Å². The Hall–Kier alpha value is -6.38. The topological polar surface area (TPSA) is 163 Å². The molecule has 0 unspecified atom stereocenters. The van der Waals surface area contributed by atoms with E-state index in [0.29, 0.717) is 28.3 Å². The van der Waals surface area contributed by atoms with Crippen molar-refractivity contribution in [3.05, 3.63) is 183 Å². The summed E-state index contributed by atoms with van der Waals surface area (Å²) in [6.45, 7) is 3.84. The van der Waals surface area contributed by atoms with Gasteiger partial charge in [-0.25, -0.2) is 34.7 Å². The molecular formula is C50H42BBrN4O8S4. The van der Waals surface area contributed by atoms with Crippen LogP contribution in [0, 0.1) is 13.8 Å². The summed E-state index contributed by atoms with van der Waals surface area (Å²) in [6.07, 6.45) is 6.56. The molecular weight excluding hydrogens is 1000 g/mol. The summed E-state index contributed by atoms with van der Waals surface area (Å²) < 4.78 is 68.1. The summed E-state index contributed by atoms with van der Waals surface area (Å²) in [5.41, 5.74) is 8.36. The minimum absolute atomic E-state index is 0.214. The Kier molecular flexibility index (Phi) is 14.5. The zero-order valence-corrected chi connectivity index (χ0v) is 41.7. The molecule has 0 bridgehead atoms. The Morgan fingerprint density at radius 2 is 1.04 bits per heavy atom. The monoisotopic (exact) mass is 1040 g/mol. The van der Waals surface area contributed by atoms with E-state index in [9.17, 15) is 16.8 Å². The van der Waals surface area contributed by atoms with Gasteiger partial charge in [0, 0.05) is 67.8 Å². The van der Waals surface area contributed by atoms with Crippen molar-refractivity contribution in [1.82, 2.24) is 17.9 Å². The Balaban J connectivity index is 0.000000159. The molecule has 10 aromatic rings. The number of hydrogen-bond acceptors (Lipinski definition) is 12. The quantitative estimate of drug-likeness (QED) is 0.126. The van der Waals surface area contributed by atoms with Crippen LogP contribution in [0.5, 0.6) is 11.5 Å². The second-order valence-corrected chi connectivity index (χ2v) is 21.4. The predicted molar refractivity (Wildman–Crippen MR) is 276 cm³/mol. The molecule has 0 fully saturated rings. The molecule has 2 N–H and O–H groups in total. The number of fused-ring (bicyclic) bond motifs is 2. The van der Waals surface area contributed by atoms with Crippen molar-refractivity contribution >= 4 is 93.3 Å².